The van der Waals surface area contributed by atoms with Gasteiger partial charge in [0.1, 0.15) is 5.75 Å². The van der Waals surface area contributed by atoms with Crippen LogP contribution in [-0.2, 0) is 0 Å². The van der Waals surface area contributed by atoms with Gasteiger partial charge in [0.15, 0.2) is 0 Å². The van der Waals surface area contributed by atoms with Crippen LogP contribution in [0.2, 0.25) is 0 Å². The first-order chi connectivity index (χ1) is 13.3. The van der Waals surface area contributed by atoms with Crippen LogP contribution in [0.5, 0.6) is 5.75 Å². The second-order valence-electron chi connectivity index (χ2n) is 9.37. The van der Waals surface area contributed by atoms with E-state index in [1.165, 1.54) is 95.5 Å². The van der Waals surface area contributed by atoms with Gasteiger partial charge in [-0.05, 0) is 79.9 Å². The Hall–Kier alpha value is -0.980. The summed E-state index contributed by atoms with van der Waals surface area (Å²) < 4.78 is 5.30. The minimum atomic E-state index is 0.784. The van der Waals surface area contributed by atoms with E-state index in [0.717, 1.165) is 29.4 Å². The van der Waals surface area contributed by atoms with E-state index in [4.69, 9.17) is 4.74 Å². The molecule has 0 bridgehead atoms. The van der Waals surface area contributed by atoms with Gasteiger partial charge in [0.2, 0.25) is 0 Å². The Bertz CT molecular complexity index is 504. The SMILES string of the molecule is CCCCCCCC1CCC(C2CCC(c3ccc(OC)cc3)CC2)CC1. The van der Waals surface area contributed by atoms with Crippen LogP contribution in [0.1, 0.15) is 108 Å². The van der Waals surface area contributed by atoms with Crippen LogP contribution in [0.4, 0.5) is 0 Å². The molecule has 0 radical (unpaired) electrons. The fourth-order valence-corrected chi connectivity index (χ4v) is 5.78. The molecule has 0 atom stereocenters. The van der Waals surface area contributed by atoms with Crippen molar-refractivity contribution in [3.8, 4) is 5.75 Å². The zero-order valence-electron chi connectivity index (χ0n) is 17.9. The fraction of sp³-hybridized carbons (Fsp3) is 0.769. The van der Waals surface area contributed by atoms with Gasteiger partial charge in [0.25, 0.3) is 0 Å². The van der Waals surface area contributed by atoms with Crippen LogP contribution >= 0.6 is 0 Å². The minimum absolute atomic E-state index is 0.784. The van der Waals surface area contributed by atoms with E-state index >= 15 is 0 Å². The molecule has 1 nitrogen and oxygen atoms in total. The lowest BCUT2D eigenvalue weighted by Gasteiger charge is -2.38. The molecule has 0 unspecified atom stereocenters. The van der Waals surface area contributed by atoms with E-state index in [-0.39, 0.29) is 0 Å². The van der Waals surface area contributed by atoms with E-state index in [2.05, 4.69) is 31.2 Å². The standard InChI is InChI=1S/C26H42O/c1-3-4-5-6-7-8-21-9-11-22(12-10-21)23-13-15-24(16-14-23)25-17-19-26(27-2)20-18-25/h17-24H,3-16H2,1-2H3. The molecule has 0 heterocycles. The fourth-order valence-electron chi connectivity index (χ4n) is 5.78. The van der Waals surface area contributed by atoms with Gasteiger partial charge in [-0.15, -0.1) is 0 Å². The highest BCUT2D eigenvalue weighted by molar-refractivity contribution is 5.29. The highest BCUT2D eigenvalue weighted by Gasteiger charge is 2.31. The monoisotopic (exact) mass is 370 g/mol. The lowest BCUT2D eigenvalue weighted by Crippen LogP contribution is -2.25. The van der Waals surface area contributed by atoms with Gasteiger partial charge < -0.3 is 4.74 Å². The smallest absolute Gasteiger partial charge is 0.118 e. The van der Waals surface area contributed by atoms with Crippen molar-refractivity contribution in [2.24, 2.45) is 17.8 Å². The Morgan fingerprint density at radius 2 is 1.33 bits per heavy atom. The lowest BCUT2D eigenvalue weighted by molar-refractivity contribution is 0.155. The predicted octanol–water partition coefficient (Wildman–Crippen LogP) is 8.14. The Morgan fingerprint density at radius 1 is 0.741 bits per heavy atom. The van der Waals surface area contributed by atoms with Gasteiger partial charge in [0.05, 0.1) is 7.11 Å². The minimum Gasteiger partial charge on any atom is -0.497 e. The number of hydrogen-bond donors (Lipinski definition) is 0. The van der Waals surface area contributed by atoms with Gasteiger partial charge in [-0.25, -0.2) is 0 Å². The number of ether oxygens (including phenoxy) is 1. The maximum absolute atomic E-state index is 5.30. The van der Waals surface area contributed by atoms with Crippen molar-refractivity contribution in [1.82, 2.24) is 0 Å². The third-order valence-electron chi connectivity index (χ3n) is 7.63. The van der Waals surface area contributed by atoms with Crippen LogP contribution in [-0.4, -0.2) is 7.11 Å². The number of methoxy groups -OCH3 is 1. The van der Waals surface area contributed by atoms with E-state index in [0.29, 0.717) is 0 Å². The molecule has 1 aromatic carbocycles. The Balaban J connectivity index is 1.34. The molecule has 0 aromatic heterocycles. The zero-order chi connectivity index (χ0) is 18.9. The highest BCUT2D eigenvalue weighted by atomic mass is 16.5. The van der Waals surface area contributed by atoms with Gasteiger partial charge in [-0.2, -0.15) is 0 Å². The number of rotatable bonds is 9. The summed E-state index contributed by atoms with van der Waals surface area (Å²) >= 11 is 0. The average molecular weight is 371 g/mol. The van der Waals surface area contributed by atoms with E-state index in [1.54, 1.807) is 7.11 Å². The summed E-state index contributed by atoms with van der Waals surface area (Å²) in [4.78, 5) is 0. The second kappa shape index (κ2) is 11.1. The molecule has 0 spiro atoms. The third kappa shape index (κ3) is 6.26. The van der Waals surface area contributed by atoms with Gasteiger partial charge in [-0.3, -0.25) is 0 Å². The quantitative estimate of drug-likeness (QED) is 0.399. The first-order valence-corrected chi connectivity index (χ1v) is 11.9. The summed E-state index contributed by atoms with van der Waals surface area (Å²) in [5.41, 5.74) is 1.53. The zero-order valence-corrected chi connectivity index (χ0v) is 17.9. The van der Waals surface area contributed by atoms with Crippen LogP contribution in [0, 0.1) is 17.8 Å². The number of benzene rings is 1. The number of hydrogen-bond acceptors (Lipinski definition) is 1. The second-order valence-corrected chi connectivity index (χ2v) is 9.37. The van der Waals surface area contributed by atoms with Crippen LogP contribution in [0.25, 0.3) is 0 Å². The van der Waals surface area contributed by atoms with Crippen LogP contribution in [0.15, 0.2) is 24.3 Å². The van der Waals surface area contributed by atoms with Crippen molar-refractivity contribution in [2.75, 3.05) is 7.11 Å². The summed E-state index contributed by atoms with van der Waals surface area (Å²) in [6.45, 7) is 2.31. The normalized spacial score (nSPS) is 28.8. The molecule has 3 rings (SSSR count). The van der Waals surface area contributed by atoms with Crippen molar-refractivity contribution in [1.29, 1.82) is 0 Å². The maximum atomic E-state index is 5.30. The molecule has 2 aliphatic rings. The first-order valence-electron chi connectivity index (χ1n) is 11.9. The van der Waals surface area contributed by atoms with Gasteiger partial charge in [-0.1, -0.05) is 70.4 Å². The Kier molecular flexibility index (Phi) is 8.55. The van der Waals surface area contributed by atoms with Crippen molar-refractivity contribution in [2.45, 2.75) is 103 Å². The maximum Gasteiger partial charge on any atom is 0.118 e. The molecular formula is C26H42O. The molecule has 2 saturated carbocycles. The average Bonchev–Trinajstić information content (AvgIpc) is 2.74. The molecule has 2 fully saturated rings. The summed E-state index contributed by atoms with van der Waals surface area (Å²) in [6.07, 6.45) is 20.6. The van der Waals surface area contributed by atoms with E-state index < -0.39 is 0 Å². The first kappa shape index (κ1) is 20.7. The van der Waals surface area contributed by atoms with E-state index in [1.807, 2.05) is 0 Å². The van der Waals surface area contributed by atoms with Crippen molar-refractivity contribution < 1.29 is 4.74 Å². The summed E-state index contributed by atoms with van der Waals surface area (Å²) in [5, 5.41) is 0. The molecule has 0 N–H and O–H groups in total. The third-order valence-corrected chi connectivity index (χ3v) is 7.63. The summed E-state index contributed by atoms with van der Waals surface area (Å²) in [5.74, 6) is 4.88. The molecular weight excluding hydrogens is 328 g/mol. The molecule has 2 aliphatic carbocycles. The predicted molar refractivity (Wildman–Crippen MR) is 117 cm³/mol. The van der Waals surface area contributed by atoms with E-state index in [9.17, 15) is 0 Å². The summed E-state index contributed by atoms with van der Waals surface area (Å²) in [7, 11) is 1.75. The van der Waals surface area contributed by atoms with Crippen molar-refractivity contribution in [3.63, 3.8) is 0 Å². The Labute approximate surface area is 168 Å². The molecule has 152 valence electrons. The highest BCUT2D eigenvalue weighted by Crippen LogP contribution is 2.44. The largest absolute Gasteiger partial charge is 0.497 e. The lowest BCUT2D eigenvalue weighted by atomic mass is 9.68. The van der Waals surface area contributed by atoms with Gasteiger partial charge >= 0.3 is 0 Å². The van der Waals surface area contributed by atoms with Crippen molar-refractivity contribution >= 4 is 0 Å². The molecule has 1 heteroatoms. The van der Waals surface area contributed by atoms with Crippen LogP contribution in [0.3, 0.4) is 0 Å². The molecule has 0 amide bonds. The van der Waals surface area contributed by atoms with Crippen molar-refractivity contribution in [3.05, 3.63) is 29.8 Å². The summed E-state index contributed by atoms with van der Waals surface area (Å²) in [6, 6.07) is 8.83. The topological polar surface area (TPSA) is 9.23 Å². The molecule has 0 aliphatic heterocycles. The van der Waals surface area contributed by atoms with Crippen LogP contribution < -0.4 is 4.74 Å². The Morgan fingerprint density at radius 3 is 1.93 bits per heavy atom. The van der Waals surface area contributed by atoms with Gasteiger partial charge in [0, 0.05) is 0 Å². The number of unbranched alkanes of at least 4 members (excludes halogenated alkanes) is 4. The molecule has 1 aromatic rings. The molecule has 27 heavy (non-hydrogen) atoms. The molecule has 0 saturated heterocycles.